The van der Waals surface area contributed by atoms with Crippen molar-refractivity contribution in [2.75, 3.05) is 4.90 Å². The average molecular weight is 441 g/mol. The normalized spacial score (nSPS) is 15.8. The molecule has 1 atom stereocenters. The van der Waals surface area contributed by atoms with Crippen molar-refractivity contribution in [3.63, 3.8) is 0 Å². The van der Waals surface area contributed by atoms with Gasteiger partial charge >= 0.3 is 0 Å². The largest absolute Gasteiger partial charge is 0.450 e. The molecule has 0 saturated heterocycles. The first-order valence-corrected chi connectivity index (χ1v) is 9.90. The van der Waals surface area contributed by atoms with Gasteiger partial charge in [-0.2, -0.15) is 0 Å². The second-order valence-electron chi connectivity index (χ2n) is 7.20. The molecule has 0 unspecified atom stereocenters. The number of halogens is 2. The van der Waals surface area contributed by atoms with Gasteiger partial charge in [-0.05, 0) is 49.2 Å². The summed E-state index contributed by atoms with van der Waals surface area (Å²) in [5.74, 6) is 0.312. The molecule has 8 heteroatoms. The third-order valence-corrected chi connectivity index (χ3v) is 5.82. The fourth-order valence-electron chi connectivity index (χ4n) is 3.79. The van der Waals surface area contributed by atoms with Crippen molar-refractivity contribution in [2.24, 2.45) is 0 Å². The number of hydrogen-bond acceptors (Lipinski definition) is 5. The van der Waals surface area contributed by atoms with Gasteiger partial charge in [0.05, 0.1) is 17.0 Å². The molecule has 1 amide bonds. The van der Waals surface area contributed by atoms with Crippen LogP contribution in [0.2, 0.25) is 10.0 Å². The lowest BCUT2D eigenvalue weighted by molar-refractivity contribution is 0.0969. The van der Waals surface area contributed by atoms with E-state index in [9.17, 15) is 9.59 Å². The predicted molar refractivity (Wildman–Crippen MR) is 114 cm³/mol. The topological polar surface area (TPSA) is 76.6 Å². The van der Waals surface area contributed by atoms with Crippen LogP contribution >= 0.6 is 23.2 Å². The van der Waals surface area contributed by atoms with Crippen LogP contribution in [0.25, 0.3) is 11.0 Å². The van der Waals surface area contributed by atoms with Gasteiger partial charge in [-0.15, -0.1) is 0 Å². The van der Waals surface area contributed by atoms with Crippen molar-refractivity contribution < 1.29 is 13.7 Å². The summed E-state index contributed by atoms with van der Waals surface area (Å²) in [6.07, 6.45) is 0. The molecule has 0 aliphatic carbocycles. The summed E-state index contributed by atoms with van der Waals surface area (Å²) < 4.78 is 11.1. The number of carbonyl (C=O) groups excluding carboxylic acids is 1. The molecule has 30 heavy (non-hydrogen) atoms. The molecule has 150 valence electrons. The van der Waals surface area contributed by atoms with Crippen LogP contribution in [0.1, 0.15) is 39.0 Å². The van der Waals surface area contributed by atoms with Crippen LogP contribution in [0, 0.1) is 13.8 Å². The number of nitrogens with zero attached hydrogens (tertiary/aromatic N) is 2. The van der Waals surface area contributed by atoms with Gasteiger partial charge in [-0.25, -0.2) is 0 Å². The lowest BCUT2D eigenvalue weighted by atomic mass is 9.98. The zero-order valence-corrected chi connectivity index (χ0v) is 17.4. The molecule has 1 aliphatic heterocycles. The van der Waals surface area contributed by atoms with Gasteiger partial charge in [0, 0.05) is 16.1 Å². The average Bonchev–Trinajstić information content (AvgIpc) is 3.25. The number of anilines is 1. The molecule has 0 radical (unpaired) electrons. The molecule has 4 aromatic rings. The van der Waals surface area contributed by atoms with Crippen LogP contribution in [0.4, 0.5) is 5.82 Å². The van der Waals surface area contributed by atoms with Crippen LogP contribution in [0.5, 0.6) is 0 Å². The number of amides is 1. The smallest absolute Gasteiger partial charge is 0.296 e. The molecule has 0 fully saturated rings. The number of rotatable bonds is 2. The van der Waals surface area contributed by atoms with Gasteiger partial charge in [0.2, 0.25) is 5.76 Å². The van der Waals surface area contributed by atoms with Gasteiger partial charge < -0.3 is 8.94 Å². The Morgan fingerprint density at radius 2 is 1.87 bits per heavy atom. The summed E-state index contributed by atoms with van der Waals surface area (Å²) in [4.78, 5) is 28.3. The van der Waals surface area contributed by atoms with Crippen LogP contribution < -0.4 is 10.3 Å². The Balaban J connectivity index is 1.84. The molecule has 0 saturated carbocycles. The number of benzene rings is 2. The summed E-state index contributed by atoms with van der Waals surface area (Å²) in [6, 6.07) is 11.1. The number of aryl methyl sites for hydroxylation is 2. The maximum atomic E-state index is 13.5. The zero-order chi connectivity index (χ0) is 21.2. The Hall–Kier alpha value is -3.09. The maximum absolute atomic E-state index is 13.5. The van der Waals surface area contributed by atoms with Crippen molar-refractivity contribution in [1.82, 2.24) is 5.16 Å². The minimum atomic E-state index is -0.767. The van der Waals surface area contributed by atoms with Crippen LogP contribution in [-0.4, -0.2) is 11.1 Å². The lowest BCUT2D eigenvalue weighted by Gasteiger charge is -2.22. The van der Waals surface area contributed by atoms with E-state index in [1.807, 2.05) is 0 Å². The summed E-state index contributed by atoms with van der Waals surface area (Å²) >= 11 is 12.4. The molecule has 0 N–H and O–H groups in total. The minimum Gasteiger partial charge on any atom is -0.450 e. The molecule has 2 aromatic carbocycles. The van der Waals surface area contributed by atoms with E-state index in [-0.39, 0.29) is 22.6 Å². The summed E-state index contributed by atoms with van der Waals surface area (Å²) in [5, 5.41) is 5.22. The van der Waals surface area contributed by atoms with Crippen molar-refractivity contribution >= 4 is 45.9 Å². The Morgan fingerprint density at radius 3 is 2.57 bits per heavy atom. The Morgan fingerprint density at radius 1 is 1.07 bits per heavy atom. The van der Waals surface area contributed by atoms with E-state index in [1.165, 1.54) is 4.90 Å². The first kappa shape index (κ1) is 18.9. The Labute approximate surface area is 180 Å². The number of fused-ring (bicyclic) bond motifs is 2. The summed E-state index contributed by atoms with van der Waals surface area (Å²) in [6.45, 7) is 3.52. The van der Waals surface area contributed by atoms with Crippen LogP contribution in [-0.2, 0) is 0 Å². The molecule has 3 heterocycles. The van der Waals surface area contributed by atoms with Crippen LogP contribution in [0.15, 0.2) is 56.2 Å². The molecular weight excluding hydrogens is 427 g/mol. The standard InChI is InChI=1S/C22H14Cl2N2O4/c1-10-6-16-14(9-15(10)24)20(27)18-19(12-4-3-5-13(23)8-12)26(22(28)21(18)29-16)17-7-11(2)30-25-17/h3-9,19H,1-2H3/t19-/m1/s1. The quantitative estimate of drug-likeness (QED) is 0.413. The van der Waals surface area contributed by atoms with E-state index in [0.29, 0.717) is 32.3 Å². The minimum absolute atomic E-state index is 0.0279. The van der Waals surface area contributed by atoms with E-state index in [1.54, 1.807) is 56.3 Å². The van der Waals surface area contributed by atoms with Crippen molar-refractivity contribution in [3.8, 4) is 0 Å². The molecular formula is C22H14Cl2N2O4. The highest BCUT2D eigenvalue weighted by Crippen LogP contribution is 2.41. The fourth-order valence-corrected chi connectivity index (χ4v) is 4.15. The first-order chi connectivity index (χ1) is 14.3. The van der Waals surface area contributed by atoms with E-state index in [0.717, 1.165) is 5.56 Å². The second kappa shape index (κ2) is 6.72. The lowest BCUT2D eigenvalue weighted by Crippen LogP contribution is -2.29. The zero-order valence-electron chi connectivity index (χ0n) is 15.9. The summed E-state index contributed by atoms with van der Waals surface area (Å²) in [5.41, 5.74) is 1.59. The third kappa shape index (κ3) is 2.75. The highest BCUT2D eigenvalue weighted by Gasteiger charge is 2.45. The number of aromatic nitrogens is 1. The molecule has 6 nitrogen and oxygen atoms in total. The highest BCUT2D eigenvalue weighted by atomic mass is 35.5. The van der Waals surface area contributed by atoms with Gasteiger partial charge in [0.25, 0.3) is 5.91 Å². The van der Waals surface area contributed by atoms with Gasteiger partial charge in [0.1, 0.15) is 11.3 Å². The maximum Gasteiger partial charge on any atom is 0.296 e. The van der Waals surface area contributed by atoms with Crippen molar-refractivity contribution in [1.29, 1.82) is 0 Å². The first-order valence-electron chi connectivity index (χ1n) is 9.14. The van der Waals surface area contributed by atoms with E-state index >= 15 is 0 Å². The molecule has 2 aromatic heterocycles. The molecule has 1 aliphatic rings. The molecule has 0 spiro atoms. The number of carbonyl (C=O) groups is 1. The van der Waals surface area contributed by atoms with Gasteiger partial charge in [0.15, 0.2) is 11.2 Å². The van der Waals surface area contributed by atoms with Gasteiger partial charge in [-0.3, -0.25) is 14.5 Å². The fraction of sp³-hybridized carbons (Fsp3) is 0.136. The molecule has 5 rings (SSSR count). The Kier molecular flexibility index (Phi) is 4.24. The van der Waals surface area contributed by atoms with Crippen molar-refractivity contribution in [3.05, 3.63) is 90.9 Å². The molecule has 0 bridgehead atoms. The Bertz CT molecular complexity index is 1410. The van der Waals surface area contributed by atoms with E-state index < -0.39 is 11.9 Å². The summed E-state index contributed by atoms with van der Waals surface area (Å²) in [7, 11) is 0. The number of hydrogen-bond donors (Lipinski definition) is 0. The second-order valence-corrected chi connectivity index (χ2v) is 8.04. The monoisotopic (exact) mass is 440 g/mol. The van der Waals surface area contributed by atoms with Crippen LogP contribution in [0.3, 0.4) is 0 Å². The SMILES string of the molecule is Cc1cc(N2C(=O)c3oc4cc(C)c(Cl)cc4c(=O)c3[C@H]2c2cccc(Cl)c2)no1. The van der Waals surface area contributed by atoms with Gasteiger partial charge in [-0.1, -0.05) is 40.5 Å². The van der Waals surface area contributed by atoms with E-state index in [4.69, 9.17) is 32.1 Å². The van der Waals surface area contributed by atoms with Crippen molar-refractivity contribution in [2.45, 2.75) is 19.9 Å². The van der Waals surface area contributed by atoms with E-state index in [2.05, 4.69) is 5.16 Å². The third-order valence-electron chi connectivity index (χ3n) is 5.18. The highest BCUT2D eigenvalue weighted by molar-refractivity contribution is 6.32. The predicted octanol–water partition coefficient (Wildman–Crippen LogP) is 5.45.